The summed E-state index contributed by atoms with van der Waals surface area (Å²) in [6.07, 6.45) is 11.2. The zero-order chi connectivity index (χ0) is 22.1. The molecule has 0 saturated heterocycles. The van der Waals surface area contributed by atoms with Gasteiger partial charge in [0.05, 0.1) is 0 Å². The number of benzene rings is 2. The third kappa shape index (κ3) is 3.70. The van der Waals surface area contributed by atoms with E-state index in [4.69, 9.17) is 4.74 Å². The van der Waals surface area contributed by atoms with E-state index < -0.39 is 0 Å². The molecule has 0 aromatic heterocycles. The molecule has 0 atom stereocenters. The van der Waals surface area contributed by atoms with Gasteiger partial charge in [-0.1, -0.05) is 0 Å². The average molecular weight is 481 g/mol. The van der Waals surface area contributed by atoms with Gasteiger partial charge < -0.3 is 0 Å². The van der Waals surface area contributed by atoms with Crippen LogP contribution in [-0.4, -0.2) is 20.1 Å². The van der Waals surface area contributed by atoms with Crippen molar-refractivity contribution in [3.8, 4) is 23.6 Å². The minimum absolute atomic E-state index is 0.0803. The molecular weight excluding hydrogens is 463 g/mol. The summed E-state index contributed by atoms with van der Waals surface area (Å²) in [7, 11) is 0. The molecule has 0 spiro atoms. The molecule has 1 aliphatic carbocycles. The number of allylic oxidation sites excluding steroid dienone is 8. The predicted octanol–water partition coefficient (Wildman–Crippen LogP) is 4.89. The Labute approximate surface area is 192 Å². The van der Waals surface area contributed by atoms with E-state index in [2.05, 4.69) is 24.3 Å². The van der Waals surface area contributed by atoms with E-state index in [0.717, 1.165) is 46.2 Å². The van der Waals surface area contributed by atoms with Crippen LogP contribution < -0.4 is 9.20 Å². The number of rotatable bonds is 2. The van der Waals surface area contributed by atoms with Crippen molar-refractivity contribution in [1.29, 1.82) is 10.5 Å². The first-order chi connectivity index (χ1) is 15.7. The van der Waals surface area contributed by atoms with E-state index in [0.29, 0.717) is 11.3 Å². The summed E-state index contributed by atoms with van der Waals surface area (Å²) in [5.41, 5.74) is 5.09. The van der Waals surface area contributed by atoms with Gasteiger partial charge in [-0.05, 0) is 0 Å². The molecule has 32 heavy (non-hydrogen) atoms. The molecule has 0 amide bonds. The monoisotopic (exact) mass is 482 g/mol. The van der Waals surface area contributed by atoms with Crippen LogP contribution in [0.1, 0.15) is 30.4 Å². The molecule has 2 aromatic carbocycles. The number of nitrogens with zero attached hydrogens (tertiary/aromatic N) is 2. The third-order valence-electron chi connectivity index (χ3n) is 5.65. The molecule has 0 unspecified atom stereocenters. The molecule has 2 aliphatic heterocycles. The molecule has 0 fully saturated rings. The van der Waals surface area contributed by atoms with Crippen LogP contribution in [0.2, 0.25) is 0 Å². The van der Waals surface area contributed by atoms with Crippen molar-refractivity contribution in [3.63, 3.8) is 0 Å². The Balaban J connectivity index is 1.53. The number of hydrogen-bond acceptors (Lipinski definition) is 4. The van der Waals surface area contributed by atoms with Gasteiger partial charge in [0.2, 0.25) is 0 Å². The van der Waals surface area contributed by atoms with Gasteiger partial charge in [0.15, 0.2) is 0 Å². The van der Waals surface area contributed by atoms with Crippen molar-refractivity contribution in [3.05, 3.63) is 98.8 Å². The molecular formula is C27H18N2O2Se. The normalized spacial score (nSPS) is 16.6. The van der Waals surface area contributed by atoms with E-state index in [1.165, 1.54) is 10.0 Å². The van der Waals surface area contributed by atoms with Crippen LogP contribution in [-0.2, 0) is 0 Å². The zero-order valence-corrected chi connectivity index (χ0v) is 18.8. The number of nitriles is 2. The van der Waals surface area contributed by atoms with Gasteiger partial charge in [0.1, 0.15) is 0 Å². The topological polar surface area (TPSA) is 77.0 Å². The second kappa shape index (κ2) is 8.40. The van der Waals surface area contributed by atoms with Crippen molar-refractivity contribution in [2.45, 2.75) is 19.3 Å². The molecule has 2 heterocycles. The third-order valence-corrected chi connectivity index (χ3v) is 7.88. The van der Waals surface area contributed by atoms with Gasteiger partial charge in [-0.3, -0.25) is 0 Å². The number of hydrogen-bond donors (Lipinski definition) is 1. The number of ether oxygens (including phenoxy) is 1. The van der Waals surface area contributed by atoms with E-state index in [9.17, 15) is 15.6 Å². The first-order valence-corrected chi connectivity index (χ1v) is 12.0. The Hall–Kier alpha value is -3.76. The van der Waals surface area contributed by atoms with Crippen LogP contribution in [0.5, 0.6) is 11.5 Å². The molecule has 0 saturated carbocycles. The fourth-order valence-electron chi connectivity index (χ4n) is 4.13. The van der Waals surface area contributed by atoms with Crippen molar-refractivity contribution in [2.75, 3.05) is 0 Å². The summed E-state index contributed by atoms with van der Waals surface area (Å²) in [4.78, 5) is 0. The Morgan fingerprint density at radius 1 is 1.03 bits per heavy atom. The molecule has 154 valence electrons. The first kappa shape index (κ1) is 20.2. The standard InChI is InChI=1S/C27H18N2O2Se/c28-15-20(16-29)24-14-22(32-26-7-2-1-6-23(24)26)11-9-17-4-3-5-19-12-18-8-10-21(30)13-25(18)31-27(17)19/h1-2,6-14,30H,3-5H2/b11-9+. The minimum atomic E-state index is 0.0803. The van der Waals surface area contributed by atoms with E-state index in [-0.39, 0.29) is 26.3 Å². The van der Waals surface area contributed by atoms with E-state index in [1.807, 2.05) is 42.5 Å². The van der Waals surface area contributed by atoms with Gasteiger partial charge in [-0.2, -0.15) is 0 Å². The van der Waals surface area contributed by atoms with Crippen molar-refractivity contribution >= 4 is 31.1 Å². The van der Waals surface area contributed by atoms with Gasteiger partial charge in [0.25, 0.3) is 0 Å². The molecule has 0 bridgehead atoms. The van der Waals surface area contributed by atoms with E-state index >= 15 is 0 Å². The summed E-state index contributed by atoms with van der Waals surface area (Å²) >= 11 is 0.0803. The summed E-state index contributed by atoms with van der Waals surface area (Å²) in [6.45, 7) is 0. The Kier molecular flexibility index (Phi) is 5.29. The summed E-state index contributed by atoms with van der Waals surface area (Å²) in [5.74, 6) is 1.73. The summed E-state index contributed by atoms with van der Waals surface area (Å²) in [5, 5.41) is 28.7. The molecule has 1 N–H and O–H groups in total. The second-order valence-corrected chi connectivity index (χ2v) is 10.0. The molecule has 5 rings (SSSR count). The van der Waals surface area contributed by atoms with Crippen molar-refractivity contribution in [1.82, 2.24) is 0 Å². The number of aromatic hydroxyl groups is 1. The molecule has 4 nitrogen and oxygen atoms in total. The summed E-state index contributed by atoms with van der Waals surface area (Å²) < 4.78 is 8.48. The van der Waals surface area contributed by atoms with Gasteiger partial charge in [-0.25, -0.2) is 0 Å². The maximum atomic E-state index is 9.83. The molecule has 5 heteroatoms. The van der Waals surface area contributed by atoms with Crippen LogP contribution in [0.15, 0.2) is 87.6 Å². The SMILES string of the molecule is N#CC(C#N)=C1C=C(/C=C/C2=C3Oc4cc(O)ccc4C=C3CCC2)[Se]c2ccccc21. The Morgan fingerprint density at radius 2 is 1.88 bits per heavy atom. The van der Waals surface area contributed by atoms with Gasteiger partial charge in [0, 0.05) is 0 Å². The summed E-state index contributed by atoms with van der Waals surface area (Å²) in [6, 6.07) is 17.3. The number of fused-ring (bicyclic) bond motifs is 3. The Morgan fingerprint density at radius 3 is 2.72 bits per heavy atom. The van der Waals surface area contributed by atoms with Crippen molar-refractivity contribution in [2.24, 2.45) is 0 Å². The first-order valence-electron chi connectivity index (χ1n) is 10.3. The van der Waals surface area contributed by atoms with E-state index in [1.54, 1.807) is 12.1 Å². The van der Waals surface area contributed by atoms with Crippen LogP contribution >= 0.6 is 0 Å². The zero-order valence-electron chi connectivity index (χ0n) is 17.1. The Bertz CT molecular complexity index is 1360. The average Bonchev–Trinajstić information content (AvgIpc) is 2.82. The predicted molar refractivity (Wildman–Crippen MR) is 125 cm³/mol. The van der Waals surface area contributed by atoms with Gasteiger partial charge >= 0.3 is 193 Å². The quantitative estimate of drug-likeness (QED) is 0.490. The van der Waals surface area contributed by atoms with Crippen molar-refractivity contribution < 1.29 is 9.84 Å². The maximum absolute atomic E-state index is 9.83. The molecule has 2 aromatic rings. The second-order valence-electron chi connectivity index (χ2n) is 7.69. The molecule has 3 aliphatic rings. The fraction of sp³-hybridized carbons (Fsp3) is 0.111. The van der Waals surface area contributed by atoms with Crippen LogP contribution in [0, 0.1) is 22.7 Å². The number of phenols is 1. The number of phenolic OH excluding ortho intramolecular Hbond substituents is 1. The van der Waals surface area contributed by atoms with Crippen LogP contribution in [0.25, 0.3) is 11.6 Å². The van der Waals surface area contributed by atoms with Crippen LogP contribution in [0.3, 0.4) is 0 Å². The van der Waals surface area contributed by atoms with Crippen LogP contribution in [0.4, 0.5) is 0 Å². The van der Waals surface area contributed by atoms with Gasteiger partial charge in [-0.15, -0.1) is 0 Å². The fourth-order valence-corrected chi connectivity index (χ4v) is 6.23. The molecule has 0 radical (unpaired) electrons.